The van der Waals surface area contributed by atoms with E-state index in [1.165, 1.54) is 49.7 Å². The van der Waals surface area contributed by atoms with Crippen LogP contribution in [-0.2, 0) is 18.4 Å². The van der Waals surface area contributed by atoms with E-state index in [0.29, 0.717) is 6.04 Å². The Balaban J connectivity index is 1.74. The molecule has 0 radical (unpaired) electrons. The lowest BCUT2D eigenvalue weighted by Crippen LogP contribution is -2.55. The van der Waals surface area contributed by atoms with Crippen LogP contribution in [0.1, 0.15) is 55.7 Å². The smallest absolute Gasteiger partial charge is 0.119 e. The number of benzene rings is 2. The molecule has 0 aromatic heterocycles. The monoisotopic (exact) mass is 363 g/mol. The van der Waals surface area contributed by atoms with Crippen molar-refractivity contribution in [3.05, 3.63) is 65.2 Å². The third-order valence-electron chi connectivity index (χ3n) is 7.03. The highest BCUT2D eigenvalue weighted by molar-refractivity contribution is 5.44. The van der Waals surface area contributed by atoms with E-state index in [0.717, 1.165) is 18.2 Å². The second-order valence-corrected chi connectivity index (χ2v) is 8.85. The van der Waals surface area contributed by atoms with Crippen molar-refractivity contribution in [2.24, 2.45) is 5.92 Å². The molecule has 0 N–H and O–H groups in total. The number of rotatable bonds is 4. The van der Waals surface area contributed by atoms with Crippen LogP contribution in [0.3, 0.4) is 0 Å². The van der Waals surface area contributed by atoms with E-state index in [-0.39, 0.29) is 5.41 Å². The topological polar surface area (TPSA) is 12.5 Å². The van der Waals surface area contributed by atoms with Crippen LogP contribution in [0.5, 0.6) is 5.75 Å². The van der Waals surface area contributed by atoms with E-state index in [4.69, 9.17) is 4.74 Å². The first-order valence-electron chi connectivity index (χ1n) is 10.5. The highest BCUT2D eigenvalue weighted by Crippen LogP contribution is 2.49. The van der Waals surface area contributed by atoms with Crippen LogP contribution in [0.15, 0.2) is 48.5 Å². The van der Waals surface area contributed by atoms with Crippen molar-refractivity contribution >= 4 is 0 Å². The standard InChI is InChI=1S/C25H33NO/c1-25-15-9-5-8-12-21(16-20-13-14-22(27-3)17-23(20)25)24(25)26(2)18-19-10-6-4-7-11-19/h4,6-7,10-11,13-14,17,21,24H,5,8-9,12,15-16,18H2,1-3H3/t21-,24-,25+/m0/s1. The van der Waals surface area contributed by atoms with Crippen molar-refractivity contribution in [2.45, 2.75) is 63.5 Å². The minimum absolute atomic E-state index is 0.191. The van der Waals surface area contributed by atoms with E-state index >= 15 is 0 Å². The maximum absolute atomic E-state index is 5.60. The maximum atomic E-state index is 5.60. The molecule has 2 bridgehead atoms. The molecule has 2 aromatic rings. The Morgan fingerprint density at radius 1 is 1.07 bits per heavy atom. The third kappa shape index (κ3) is 3.52. The minimum atomic E-state index is 0.191. The van der Waals surface area contributed by atoms with Crippen LogP contribution in [0.2, 0.25) is 0 Å². The molecule has 2 nitrogen and oxygen atoms in total. The summed E-state index contributed by atoms with van der Waals surface area (Å²) in [6.07, 6.45) is 7.91. The summed E-state index contributed by atoms with van der Waals surface area (Å²) in [5, 5.41) is 0. The van der Waals surface area contributed by atoms with Gasteiger partial charge in [0.2, 0.25) is 0 Å². The second-order valence-electron chi connectivity index (χ2n) is 8.85. The molecular formula is C25H33NO. The summed E-state index contributed by atoms with van der Waals surface area (Å²) in [7, 11) is 4.13. The largest absolute Gasteiger partial charge is 0.497 e. The average Bonchev–Trinajstić information content (AvgIpc) is 2.67. The molecule has 27 heavy (non-hydrogen) atoms. The minimum Gasteiger partial charge on any atom is -0.497 e. The predicted molar refractivity (Wildman–Crippen MR) is 112 cm³/mol. The zero-order chi connectivity index (χ0) is 18.9. The highest BCUT2D eigenvalue weighted by Gasteiger charge is 2.47. The van der Waals surface area contributed by atoms with Crippen molar-refractivity contribution in [3.63, 3.8) is 0 Å². The fraction of sp³-hybridized carbons (Fsp3) is 0.520. The third-order valence-corrected chi connectivity index (χ3v) is 7.03. The number of nitrogens with zero attached hydrogens (tertiary/aromatic N) is 1. The summed E-state index contributed by atoms with van der Waals surface area (Å²) in [5.41, 5.74) is 4.69. The second kappa shape index (κ2) is 7.67. The summed E-state index contributed by atoms with van der Waals surface area (Å²) >= 11 is 0. The van der Waals surface area contributed by atoms with Crippen molar-refractivity contribution in [2.75, 3.05) is 14.2 Å². The van der Waals surface area contributed by atoms with Gasteiger partial charge in [0.25, 0.3) is 0 Å². The van der Waals surface area contributed by atoms with Crippen LogP contribution in [-0.4, -0.2) is 25.1 Å². The molecule has 1 fully saturated rings. The van der Waals surface area contributed by atoms with Crippen LogP contribution in [0.25, 0.3) is 0 Å². The van der Waals surface area contributed by atoms with Crippen LogP contribution in [0, 0.1) is 5.92 Å². The molecule has 0 unspecified atom stereocenters. The fourth-order valence-corrected chi connectivity index (χ4v) is 5.90. The van der Waals surface area contributed by atoms with Gasteiger partial charge in [-0.2, -0.15) is 0 Å². The Hall–Kier alpha value is -1.80. The normalized spacial score (nSPS) is 27.6. The molecule has 2 aliphatic carbocycles. The van der Waals surface area contributed by atoms with Gasteiger partial charge < -0.3 is 4.74 Å². The summed E-state index contributed by atoms with van der Waals surface area (Å²) in [6.45, 7) is 3.55. The summed E-state index contributed by atoms with van der Waals surface area (Å²) < 4.78 is 5.60. The number of hydrogen-bond donors (Lipinski definition) is 0. The van der Waals surface area contributed by atoms with E-state index < -0.39 is 0 Å². The molecule has 1 saturated carbocycles. The molecule has 0 aliphatic heterocycles. The first kappa shape index (κ1) is 18.6. The van der Waals surface area contributed by atoms with Gasteiger partial charge in [-0.3, -0.25) is 4.90 Å². The van der Waals surface area contributed by atoms with Gasteiger partial charge in [0.15, 0.2) is 0 Å². The van der Waals surface area contributed by atoms with Gasteiger partial charge in [0, 0.05) is 18.0 Å². The number of methoxy groups -OCH3 is 1. The maximum Gasteiger partial charge on any atom is 0.119 e. The van der Waals surface area contributed by atoms with Gasteiger partial charge >= 0.3 is 0 Å². The Labute approximate surface area is 164 Å². The molecule has 0 saturated heterocycles. The molecule has 2 aromatic carbocycles. The van der Waals surface area contributed by atoms with Gasteiger partial charge in [-0.25, -0.2) is 0 Å². The molecule has 0 spiro atoms. The molecule has 144 valence electrons. The zero-order valence-electron chi connectivity index (χ0n) is 17.1. The highest BCUT2D eigenvalue weighted by atomic mass is 16.5. The van der Waals surface area contributed by atoms with Gasteiger partial charge in [0.05, 0.1) is 7.11 Å². The Morgan fingerprint density at radius 2 is 1.89 bits per heavy atom. The average molecular weight is 364 g/mol. The summed E-state index contributed by atoms with van der Waals surface area (Å²) in [4.78, 5) is 2.65. The quantitative estimate of drug-likeness (QED) is 0.702. The van der Waals surface area contributed by atoms with Gasteiger partial charge in [0.1, 0.15) is 5.75 Å². The van der Waals surface area contributed by atoms with Crippen molar-refractivity contribution < 1.29 is 4.74 Å². The van der Waals surface area contributed by atoms with Crippen LogP contribution in [0.4, 0.5) is 0 Å². The summed E-state index contributed by atoms with van der Waals surface area (Å²) in [5.74, 6) is 1.74. The molecule has 0 amide bonds. The Bertz CT molecular complexity index is 771. The molecular weight excluding hydrogens is 330 g/mol. The first-order valence-corrected chi connectivity index (χ1v) is 10.5. The molecule has 4 rings (SSSR count). The fourth-order valence-electron chi connectivity index (χ4n) is 5.90. The number of likely N-dealkylation sites (N-methyl/N-ethyl adjacent to an activating group) is 1. The van der Waals surface area contributed by atoms with Gasteiger partial charge in [-0.05, 0) is 61.1 Å². The predicted octanol–water partition coefficient (Wildman–Crippen LogP) is 5.59. The van der Waals surface area contributed by atoms with Crippen molar-refractivity contribution in [1.29, 1.82) is 0 Å². The molecule has 0 heterocycles. The van der Waals surface area contributed by atoms with Crippen LogP contribution < -0.4 is 4.74 Å². The first-order chi connectivity index (χ1) is 13.1. The summed E-state index contributed by atoms with van der Waals surface area (Å²) in [6, 6.07) is 18.3. The van der Waals surface area contributed by atoms with Gasteiger partial charge in [-0.15, -0.1) is 0 Å². The molecule has 3 atom stereocenters. The Kier molecular flexibility index (Phi) is 5.27. The van der Waals surface area contributed by atoms with E-state index in [1.807, 2.05) is 0 Å². The lowest BCUT2D eigenvalue weighted by atomic mass is 9.59. The van der Waals surface area contributed by atoms with E-state index in [2.05, 4.69) is 67.4 Å². The zero-order valence-corrected chi connectivity index (χ0v) is 17.1. The molecule has 2 heteroatoms. The lowest BCUT2D eigenvalue weighted by molar-refractivity contribution is 0.0591. The van der Waals surface area contributed by atoms with E-state index in [9.17, 15) is 0 Å². The van der Waals surface area contributed by atoms with Crippen LogP contribution >= 0.6 is 0 Å². The van der Waals surface area contributed by atoms with Gasteiger partial charge in [-0.1, -0.05) is 62.6 Å². The molecule has 2 aliphatic rings. The lowest BCUT2D eigenvalue weighted by Gasteiger charge is -2.52. The van der Waals surface area contributed by atoms with E-state index in [1.54, 1.807) is 12.7 Å². The SMILES string of the molecule is COc1ccc2c(c1)[C@@]1(C)CCCCC[C@@H](C2)[C@@H]1N(C)Cc1ccccc1. The van der Waals surface area contributed by atoms with Crippen molar-refractivity contribution in [3.8, 4) is 5.75 Å². The van der Waals surface area contributed by atoms with Crippen molar-refractivity contribution in [1.82, 2.24) is 4.90 Å². The number of hydrogen-bond acceptors (Lipinski definition) is 2. The number of ether oxygens (including phenoxy) is 1. The Morgan fingerprint density at radius 3 is 2.67 bits per heavy atom. The number of fused-ring (bicyclic) bond motifs is 4.